The molecule has 0 aromatic heterocycles. The molecular weight excluding hydrogens is 408 g/mol. The van der Waals surface area contributed by atoms with Gasteiger partial charge >= 0.3 is 0 Å². The van der Waals surface area contributed by atoms with Gasteiger partial charge in [0.2, 0.25) is 0 Å². The van der Waals surface area contributed by atoms with Crippen molar-refractivity contribution >= 4 is 43.9 Å². The average molecular weight is 429 g/mol. The van der Waals surface area contributed by atoms with Crippen molar-refractivity contribution in [1.82, 2.24) is 0 Å². The predicted molar refractivity (Wildman–Crippen MR) is 129 cm³/mol. The zero-order valence-corrected chi connectivity index (χ0v) is 18.3. The Morgan fingerprint density at radius 1 is 0.452 bits per heavy atom. The van der Waals surface area contributed by atoms with Crippen molar-refractivity contribution in [1.29, 1.82) is 0 Å². The van der Waals surface area contributed by atoms with Gasteiger partial charge < -0.3 is 14.2 Å². The molecule has 154 valence electrons. The lowest BCUT2D eigenvalue weighted by atomic mass is 9.89. The second-order valence-electron chi connectivity index (χ2n) is 7.30. The zero-order chi connectivity index (χ0) is 21.5. The van der Waals surface area contributed by atoms with Crippen molar-refractivity contribution in [2.45, 2.75) is 0 Å². The first-order valence-corrected chi connectivity index (χ1v) is 10.4. The molecule has 0 aliphatic rings. The van der Waals surface area contributed by atoms with Crippen LogP contribution in [-0.2, 0) is 0 Å². The second-order valence-corrected chi connectivity index (χ2v) is 7.68. The van der Waals surface area contributed by atoms with Gasteiger partial charge in [0.1, 0.15) is 17.2 Å². The third-order valence-electron chi connectivity index (χ3n) is 5.81. The Kier molecular flexibility index (Phi) is 4.84. The summed E-state index contributed by atoms with van der Waals surface area (Å²) in [4.78, 5) is 0. The summed E-state index contributed by atoms with van der Waals surface area (Å²) in [5, 5.41) is 6.50. The highest BCUT2D eigenvalue weighted by Gasteiger charge is 2.25. The highest BCUT2D eigenvalue weighted by Crippen LogP contribution is 2.53. The van der Waals surface area contributed by atoms with Crippen molar-refractivity contribution in [2.24, 2.45) is 0 Å². The number of rotatable bonds is 4. The number of halogens is 1. The molecule has 0 saturated heterocycles. The fraction of sp³-hybridized carbons (Fsp3) is 0.111. The molecule has 3 nitrogen and oxygen atoms in total. The summed E-state index contributed by atoms with van der Waals surface area (Å²) in [7, 11) is 5.04. The third kappa shape index (κ3) is 2.81. The molecule has 0 aliphatic carbocycles. The van der Waals surface area contributed by atoms with Gasteiger partial charge in [-0.25, -0.2) is 0 Å². The van der Waals surface area contributed by atoms with Gasteiger partial charge in [0.15, 0.2) is 0 Å². The van der Waals surface area contributed by atoms with E-state index in [4.69, 9.17) is 25.8 Å². The largest absolute Gasteiger partial charge is 0.495 e. The molecule has 0 atom stereocenters. The maximum atomic E-state index is 7.04. The first-order chi connectivity index (χ1) is 15.2. The minimum Gasteiger partial charge on any atom is -0.495 e. The Hall–Kier alpha value is -3.43. The molecule has 5 rings (SSSR count). The summed E-state index contributed by atoms with van der Waals surface area (Å²) in [6.07, 6.45) is 0. The first kappa shape index (κ1) is 19.5. The molecule has 5 aromatic carbocycles. The van der Waals surface area contributed by atoms with Crippen LogP contribution >= 0.6 is 11.6 Å². The smallest absolute Gasteiger partial charge is 0.146 e. The minimum atomic E-state index is 0.526. The Labute approximate surface area is 185 Å². The first-order valence-electron chi connectivity index (χ1n) is 10.0. The summed E-state index contributed by atoms with van der Waals surface area (Å²) < 4.78 is 17.6. The molecule has 0 heterocycles. The molecular formula is C27H21ClO3. The van der Waals surface area contributed by atoms with Crippen LogP contribution in [0.25, 0.3) is 43.4 Å². The van der Waals surface area contributed by atoms with E-state index in [0.29, 0.717) is 10.8 Å². The van der Waals surface area contributed by atoms with Crippen LogP contribution in [0, 0.1) is 0 Å². The molecule has 0 bridgehead atoms. The van der Waals surface area contributed by atoms with Gasteiger partial charge in [-0.05, 0) is 10.8 Å². The molecule has 0 fully saturated rings. The van der Waals surface area contributed by atoms with E-state index in [0.717, 1.165) is 54.9 Å². The number of methoxy groups -OCH3 is 3. The van der Waals surface area contributed by atoms with Crippen LogP contribution < -0.4 is 14.2 Å². The van der Waals surface area contributed by atoms with Gasteiger partial charge in [-0.1, -0.05) is 84.4 Å². The van der Waals surface area contributed by atoms with Gasteiger partial charge in [0.25, 0.3) is 0 Å². The SMILES string of the molecule is COc1c(Cl)c(-c2c3ccccc3c(OC)c3ccccc23)c(OC)c2ccccc12. The van der Waals surface area contributed by atoms with E-state index in [9.17, 15) is 0 Å². The number of benzene rings is 5. The summed E-state index contributed by atoms with van der Waals surface area (Å²) in [6.45, 7) is 0. The molecule has 0 N–H and O–H groups in total. The molecule has 0 radical (unpaired) electrons. The van der Waals surface area contributed by atoms with Gasteiger partial charge in [0, 0.05) is 32.7 Å². The van der Waals surface area contributed by atoms with E-state index < -0.39 is 0 Å². The lowest BCUT2D eigenvalue weighted by Crippen LogP contribution is -1.98. The van der Waals surface area contributed by atoms with E-state index in [1.807, 2.05) is 48.5 Å². The summed E-state index contributed by atoms with van der Waals surface area (Å²) in [5.41, 5.74) is 1.81. The highest BCUT2D eigenvalue weighted by molar-refractivity contribution is 6.38. The van der Waals surface area contributed by atoms with Crippen molar-refractivity contribution in [3.05, 3.63) is 77.8 Å². The van der Waals surface area contributed by atoms with E-state index >= 15 is 0 Å². The molecule has 0 saturated carbocycles. The van der Waals surface area contributed by atoms with Crippen molar-refractivity contribution in [3.63, 3.8) is 0 Å². The molecule has 4 heteroatoms. The maximum Gasteiger partial charge on any atom is 0.146 e. The van der Waals surface area contributed by atoms with Crippen LogP contribution in [0.4, 0.5) is 0 Å². The van der Waals surface area contributed by atoms with Crippen molar-refractivity contribution < 1.29 is 14.2 Å². The Morgan fingerprint density at radius 2 is 0.806 bits per heavy atom. The standard InChI is InChI=1S/C27H21ClO3/c1-29-25-18-12-6-4-10-16(18)22(17-11-5-7-13-19(17)25)23-24(28)27(31-3)21-15-9-8-14-20(21)26(23)30-2/h4-15H,1-3H3. The third-order valence-corrected chi connectivity index (χ3v) is 6.17. The van der Waals surface area contributed by atoms with Gasteiger partial charge in [0.05, 0.1) is 26.4 Å². The molecule has 31 heavy (non-hydrogen) atoms. The van der Waals surface area contributed by atoms with Crippen LogP contribution in [0.15, 0.2) is 72.8 Å². The molecule has 0 amide bonds. The quantitative estimate of drug-likeness (QED) is 0.277. The van der Waals surface area contributed by atoms with Gasteiger partial charge in [-0.2, -0.15) is 0 Å². The van der Waals surface area contributed by atoms with E-state index in [1.165, 1.54) is 0 Å². The van der Waals surface area contributed by atoms with Crippen molar-refractivity contribution in [2.75, 3.05) is 21.3 Å². The van der Waals surface area contributed by atoms with E-state index in [2.05, 4.69) is 24.3 Å². The number of hydrogen-bond donors (Lipinski definition) is 0. The van der Waals surface area contributed by atoms with Gasteiger partial charge in [-0.15, -0.1) is 0 Å². The van der Waals surface area contributed by atoms with Gasteiger partial charge in [-0.3, -0.25) is 0 Å². The lowest BCUT2D eigenvalue weighted by Gasteiger charge is -2.21. The average Bonchev–Trinajstić information content (AvgIpc) is 2.82. The summed E-state index contributed by atoms with van der Waals surface area (Å²) >= 11 is 7.04. The number of hydrogen-bond acceptors (Lipinski definition) is 3. The van der Waals surface area contributed by atoms with E-state index in [-0.39, 0.29) is 0 Å². The Balaban J connectivity index is 2.08. The van der Waals surface area contributed by atoms with Crippen LogP contribution in [0.3, 0.4) is 0 Å². The van der Waals surface area contributed by atoms with Crippen LogP contribution in [0.2, 0.25) is 5.02 Å². The second kappa shape index (κ2) is 7.68. The fourth-order valence-electron chi connectivity index (χ4n) is 4.56. The summed E-state index contributed by atoms with van der Waals surface area (Å²) in [5.74, 6) is 2.21. The van der Waals surface area contributed by atoms with E-state index in [1.54, 1.807) is 21.3 Å². The fourth-order valence-corrected chi connectivity index (χ4v) is 4.92. The normalized spacial score (nSPS) is 11.2. The minimum absolute atomic E-state index is 0.526. The molecule has 5 aromatic rings. The Morgan fingerprint density at radius 3 is 1.23 bits per heavy atom. The zero-order valence-electron chi connectivity index (χ0n) is 17.5. The lowest BCUT2D eigenvalue weighted by molar-refractivity contribution is 0.412. The van der Waals surface area contributed by atoms with Crippen LogP contribution in [-0.4, -0.2) is 21.3 Å². The van der Waals surface area contributed by atoms with Crippen LogP contribution in [0.5, 0.6) is 17.2 Å². The number of fused-ring (bicyclic) bond motifs is 3. The number of ether oxygens (including phenoxy) is 3. The Bertz CT molecular complexity index is 1400. The topological polar surface area (TPSA) is 27.7 Å². The van der Waals surface area contributed by atoms with Crippen LogP contribution in [0.1, 0.15) is 0 Å². The monoisotopic (exact) mass is 428 g/mol. The van der Waals surface area contributed by atoms with Crippen molar-refractivity contribution in [3.8, 4) is 28.4 Å². The highest BCUT2D eigenvalue weighted by atomic mass is 35.5. The maximum absolute atomic E-state index is 7.04. The molecule has 0 unspecified atom stereocenters. The molecule has 0 spiro atoms. The predicted octanol–water partition coefficient (Wildman–Crippen LogP) is 7.49. The summed E-state index contributed by atoms with van der Waals surface area (Å²) in [6, 6.07) is 24.4. The molecule has 0 aliphatic heterocycles.